The Morgan fingerprint density at radius 2 is 1.08 bits per heavy atom. The normalized spacial score (nSPS) is 11.5. The highest BCUT2D eigenvalue weighted by Gasteiger charge is 2.19. The third kappa shape index (κ3) is 8.74. The molecule has 6 aromatic rings. The number of aliphatic hydroxyl groups is 2. The van der Waals surface area contributed by atoms with Crippen LogP contribution in [0.3, 0.4) is 0 Å². The van der Waals surface area contributed by atoms with Crippen LogP contribution >= 0.6 is 0 Å². The first-order chi connectivity index (χ1) is 25.0. The quantitative estimate of drug-likeness (QED) is 0.139. The fourth-order valence-corrected chi connectivity index (χ4v) is 5.56. The third-order valence-electron chi connectivity index (χ3n) is 8.50. The Morgan fingerprint density at radius 1 is 0.673 bits per heavy atom. The van der Waals surface area contributed by atoms with Crippen molar-refractivity contribution in [3.63, 3.8) is 0 Å². The van der Waals surface area contributed by atoms with Crippen molar-refractivity contribution in [3.05, 3.63) is 154 Å². The lowest BCUT2D eigenvalue weighted by atomic mass is 9.99. The van der Waals surface area contributed by atoms with Gasteiger partial charge in [0.1, 0.15) is 48.0 Å². The Kier molecular flexibility index (Phi) is 11.9. The number of aryl methyl sites for hydroxylation is 2. The molecule has 0 aliphatic rings. The standard InChI is InChI=1S/2C21H21N3O2/c1-15-19(13-22)20(24(23-15)17-7-5-4-6-8-17)14-26-18-11-9-16(10-12-18)21(2,3)25;1-3-21(25)16-9-11-18(12-10-16)26-14-20-19(13-22)15(2)23-24(20)17-7-5-4-6-8-17/h4-12,25H,14H2,1-3H3;4-12,21,25H,3,14H2,1-2H3. The van der Waals surface area contributed by atoms with E-state index in [0.717, 1.165) is 22.5 Å². The largest absolute Gasteiger partial charge is 0.487 e. The first-order valence-electron chi connectivity index (χ1n) is 17.0. The van der Waals surface area contributed by atoms with Crippen molar-refractivity contribution in [2.45, 2.75) is 66.0 Å². The number of ether oxygens (including phenoxy) is 2. The van der Waals surface area contributed by atoms with E-state index < -0.39 is 11.7 Å². The number of para-hydroxylation sites is 2. The van der Waals surface area contributed by atoms with Gasteiger partial charge < -0.3 is 19.7 Å². The number of hydrogen-bond acceptors (Lipinski definition) is 8. The highest BCUT2D eigenvalue weighted by molar-refractivity contribution is 5.45. The maximum absolute atomic E-state index is 10.0. The van der Waals surface area contributed by atoms with Crippen molar-refractivity contribution in [2.24, 2.45) is 0 Å². The van der Waals surface area contributed by atoms with Gasteiger partial charge in [-0.3, -0.25) is 0 Å². The Hall–Kier alpha value is -6.20. The summed E-state index contributed by atoms with van der Waals surface area (Å²) in [4.78, 5) is 0. The molecule has 2 aromatic heterocycles. The van der Waals surface area contributed by atoms with Crippen LogP contribution in [-0.2, 0) is 18.8 Å². The summed E-state index contributed by atoms with van der Waals surface area (Å²) in [5, 5.41) is 47.9. The highest BCUT2D eigenvalue weighted by atomic mass is 16.5. The van der Waals surface area contributed by atoms with Crippen LogP contribution in [0, 0.1) is 36.5 Å². The summed E-state index contributed by atoms with van der Waals surface area (Å²) in [6, 6.07) is 38.5. The van der Waals surface area contributed by atoms with Gasteiger partial charge in [0.25, 0.3) is 0 Å². The zero-order chi connectivity index (χ0) is 37.3. The molecule has 10 heteroatoms. The summed E-state index contributed by atoms with van der Waals surface area (Å²) in [6.07, 6.45) is 0.206. The van der Waals surface area contributed by atoms with E-state index in [1.165, 1.54) is 0 Å². The minimum Gasteiger partial charge on any atom is -0.487 e. The lowest BCUT2D eigenvalue weighted by Crippen LogP contribution is -2.15. The lowest BCUT2D eigenvalue weighted by Gasteiger charge is -2.18. The minimum absolute atomic E-state index is 0.223. The van der Waals surface area contributed by atoms with Gasteiger partial charge in [-0.15, -0.1) is 0 Å². The number of aliphatic hydroxyl groups excluding tert-OH is 1. The van der Waals surface area contributed by atoms with Crippen LogP contribution < -0.4 is 9.47 Å². The van der Waals surface area contributed by atoms with E-state index in [9.17, 15) is 20.7 Å². The molecular formula is C42H42N6O4. The van der Waals surface area contributed by atoms with Crippen LogP contribution in [-0.4, -0.2) is 29.8 Å². The molecule has 0 aliphatic heterocycles. The third-order valence-corrected chi connectivity index (χ3v) is 8.50. The van der Waals surface area contributed by atoms with E-state index in [0.29, 0.717) is 51.8 Å². The molecule has 4 aromatic carbocycles. The molecule has 0 aliphatic carbocycles. The summed E-state index contributed by atoms with van der Waals surface area (Å²) in [7, 11) is 0. The monoisotopic (exact) mass is 694 g/mol. The molecule has 1 atom stereocenters. The van der Waals surface area contributed by atoms with E-state index in [-0.39, 0.29) is 13.2 Å². The first kappa shape index (κ1) is 37.1. The van der Waals surface area contributed by atoms with Crippen molar-refractivity contribution >= 4 is 0 Å². The van der Waals surface area contributed by atoms with E-state index in [1.807, 2.05) is 130 Å². The first-order valence-corrected chi connectivity index (χ1v) is 17.0. The molecule has 0 saturated heterocycles. The number of benzene rings is 4. The van der Waals surface area contributed by atoms with Crippen molar-refractivity contribution < 1.29 is 19.7 Å². The predicted octanol–water partition coefficient (Wildman–Crippen LogP) is 7.93. The van der Waals surface area contributed by atoms with Crippen LogP contribution in [0.5, 0.6) is 11.5 Å². The van der Waals surface area contributed by atoms with Crippen molar-refractivity contribution in [3.8, 4) is 35.0 Å². The zero-order valence-electron chi connectivity index (χ0n) is 30.0. The summed E-state index contributed by atoms with van der Waals surface area (Å²) in [5.74, 6) is 1.35. The Balaban J connectivity index is 0.000000201. The molecule has 6 rings (SSSR count). The maximum Gasteiger partial charge on any atom is 0.132 e. The van der Waals surface area contributed by atoms with Crippen molar-refractivity contribution in [2.75, 3.05) is 0 Å². The highest BCUT2D eigenvalue weighted by Crippen LogP contribution is 2.26. The van der Waals surface area contributed by atoms with E-state index in [1.54, 1.807) is 23.2 Å². The number of nitrogens with zero attached hydrogens (tertiary/aromatic N) is 6. The summed E-state index contributed by atoms with van der Waals surface area (Å²) in [5.41, 5.74) is 6.39. The zero-order valence-corrected chi connectivity index (χ0v) is 30.0. The average molecular weight is 695 g/mol. The molecule has 2 N–H and O–H groups in total. The molecule has 0 radical (unpaired) electrons. The van der Waals surface area contributed by atoms with Crippen molar-refractivity contribution in [1.82, 2.24) is 19.6 Å². The molecule has 2 heterocycles. The molecule has 0 amide bonds. The molecule has 1 unspecified atom stereocenters. The minimum atomic E-state index is -0.893. The maximum atomic E-state index is 10.0. The number of aromatic nitrogens is 4. The molecule has 10 nitrogen and oxygen atoms in total. The van der Waals surface area contributed by atoms with Crippen LogP contribution in [0.25, 0.3) is 11.4 Å². The molecule has 264 valence electrons. The number of rotatable bonds is 11. The summed E-state index contributed by atoms with van der Waals surface area (Å²) >= 11 is 0. The van der Waals surface area contributed by atoms with Crippen molar-refractivity contribution in [1.29, 1.82) is 10.5 Å². The number of hydrogen-bond donors (Lipinski definition) is 2. The second-order valence-electron chi connectivity index (χ2n) is 12.7. The molecule has 52 heavy (non-hydrogen) atoms. The van der Waals surface area contributed by atoms with Gasteiger partial charge in [0.05, 0.1) is 45.9 Å². The second-order valence-corrected chi connectivity index (χ2v) is 12.7. The fraction of sp³-hybridized carbons (Fsp3) is 0.238. The Bertz CT molecular complexity index is 2150. The summed E-state index contributed by atoms with van der Waals surface area (Å²) in [6.45, 7) is 9.51. The van der Waals surface area contributed by atoms with Crippen LogP contribution in [0.15, 0.2) is 109 Å². The van der Waals surface area contributed by atoms with Gasteiger partial charge >= 0.3 is 0 Å². The van der Waals surface area contributed by atoms with Crippen LogP contribution in [0.4, 0.5) is 0 Å². The van der Waals surface area contributed by atoms with Gasteiger partial charge in [-0.2, -0.15) is 20.7 Å². The number of nitriles is 2. The van der Waals surface area contributed by atoms with E-state index in [2.05, 4.69) is 22.3 Å². The van der Waals surface area contributed by atoms with Gasteiger partial charge in [0, 0.05) is 0 Å². The smallest absolute Gasteiger partial charge is 0.132 e. The van der Waals surface area contributed by atoms with E-state index >= 15 is 0 Å². The topological polar surface area (TPSA) is 142 Å². The lowest BCUT2D eigenvalue weighted by molar-refractivity contribution is 0.0785. The Morgan fingerprint density at radius 3 is 1.44 bits per heavy atom. The van der Waals surface area contributed by atoms with Gasteiger partial charge in [-0.25, -0.2) is 9.36 Å². The fourth-order valence-electron chi connectivity index (χ4n) is 5.56. The van der Waals surface area contributed by atoms with Gasteiger partial charge in [-0.1, -0.05) is 67.6 Å². The van der Waals surface area contributed by atoms with Crippen LogP contribution in [0.1, 0.15) is 78.3 Å². The van der Waals surface area contributed by atoms with Gasteiger partial charge in [0.2, 0.25) is 0 Å². The van der Waals surface area contributed by atoms with Gasteiger partial charge in [0.15, 0.2) is 0 Å². The molecular weight excluding hydrogens is 653 g/mol. The average Bonchev–Trinajstić information content (AvgIpc) is 3.67. The molecule has 0 fully saturated rings. The van der Waals surface area contributed by atoms with Crippen LogP contribution in [0.2, 0.25) is 0 Å². The summed E-state index contributed by atoms with van der Waals surface area (Å²) < 4.78 is 15.3. The molecule has 0 bridgehead atoms. The van der Waals surface area contributed by atoms with Gasteiger partial charge in [-0.05, 0) is 93.8 Å². The molecule has 0 saturated carbocycles. The second kappa shape index (κ2) is 16.7. The molecule has 0 spiro atoms. The van der Waals surface area contributed by atoms with E-state index in [4.69, 9.17) is 9.47 Å². The Labute approximate surface area is 304 Å². The SMILES string of the molecule is CCC(O)c1ccc(OCc2c(C#N)c(C)nn2-c2ccccc2)cc1.Cc1nn(-c2ccccc2)c(COc2ccc(C(C)(C)O)cc2)c1C#N. The predicted molar refractivity (Wildman–Crippen MR) is 198 cm³/mol.